The molecule has 0 heterocycles. The average molecular weight is 481 g/mol. The van der Waals surface area contributed by atoms with Gasteiger partial charge in [0.25, 0.3) is 0 Å². The molecule has 0 atom stereocenters. The van der Waals surface area contributed by atoms with Crippen molar-refractivity contribution in [3.05, 3.63) is 78.9 Å². The van der Waals surface area contributed by atoms with Crippen LogP contribution < -0.4 is 14.2 Å². The molecule has 0 saturated carbocycles. The molecule has 0 aliphatic rings. The smallest absolute Gasteiger partial charge is 0.338 e. The first-order valence-electron chi connectivity index (χ1n) is 11.1. The van der Waals surface area contributed by atoms with Gasteiger partial charge in [-0.1, -0.05) is 37.4 Å². The Morgan fingerprint density at radius 1 is 0.686 bits per heavy atom. The zero-order chi connectivity index (χ0) is 25.8. The summed E-state index contributed by atoms with van der Waals surface area (Å²) in [4.78, 5) is 23.3. The van der Waals surface area contributed by atoms with Crippen molar-refractivity contribution < 1.29 is 33.3 Å². The first kappa shape index (κ1) is 27.4. The van der Waals surface area contributed by atoms with E-state index in [2.05, 4.69) is 19.7 Å². The molecule has 0 saturated heterocycles. The maximum atomic E-state index is 11.7. The standard InChI is InChI=1S/C28H32O7/c1-19(2)18-31-11-12-32-25-15-23(16-26(17-25)33-13-14-34-27(29)20(3)4)22-7-9-24(10-8-22)35-28(30)21(5)6/h7-10,15-17H,1,3,5,11-14,18H2,2,4,6H3. The van der Waals surface area contributed by atoms with Gasteiger partial charge in [0.2, 0.25) is 0 Å². The summed E-state index contributed by atoms with van der Waals surface area (Å²) >= 11 is 0. The number of benzene rings is 2. The summed E-state index contributed by atoms with van der Waals surface area (Å²) in [6, 6.07) is 12.5. The Bertz CT molecular complexity index is 1070. The van der Waals surface area contributed by atoms with E-state index >= 15 is 0 Å². The lowest BCUT2D eigenvalue weighted by molar-refractivity contribution is -0.139. The lowest BCUT2D eigenvalue weighted by Crippen LogP contribution is -2.12. The van der Waals surface area contributed by atoms with E-state index in [1.165, 1.54) is 0 Å². The minimum absolute atomic E-state index is 0.0869. The molecule has 0 bridgehead atoms. The molecule has 0 radical (unpaired) electrons. The maximum Gasteiger partial charge on any atom is 0.338 e. The first-order valence-corrected chi connectivity index (χ1v) is 11.1. The van der Waals surface area contributed by atoms with Crippen molar-refractivity contribution in [2.45, 2.75) is 20.8 Å². The van der Waals surface area contributed by atoms with Gasteiger partial charge in [-0.3, -0.25) is 0 Å². The zero-order valence-electron chi connectivity index (χ0n) is 20.6. The van der Waals surface area contributed by atoms with Crippen molar-refractivity contribution >= 4 is 11.9 Å². The normalized spacial score (nSPS) is 10.3. The van der Waals surface area contributed by atoms with Gasteiger partial charge >= 0.3 is 11.9 Å². The maximum absolute atomic E-state index is 11.7. The number of carbonyl (C=O) groups is 2. The summed E-state index contributed by atoms with van der Waals surface area (Å²) in [6.45, 7) is 17.5. The Morgan fingerprint density at radius 3 is 1.80 bits per heavy atom. The molecule has 0 N–H and O–H groups in total. The van der Waals surface area contributed by atoms with E-state index < -0.39 is 11.9 Å². The second-order valence-corrected chi connectivity index (χ2v) is 8.01. The Labute approximate surface area is 206 Å². The van der Waals surface area contributed by atoms with Gasteiger partial charge in [0.15, 0.2) is 0 Å². The summed E-state index contributed by atoms with van der Waals surface area (Å²) < 4.78 is 27.5. The number of rotatable bonds is 14. The van der Waals surface area contributed by atoms with Crippen LogP contribution in [0.15, 0.2) is 78.9 Å². The molecule has 7 heteroatoms. The Morgan fingerprint density at radius 2 is 1.26 bits per heavy atom. The van der Waals surface area contributed by atoms with Crippen LogP contribution in [0.5, 0.6) is 17.2 Å². The number of hydrogen-bond acceptors (Lipinski definition) is 7. The average Bonchev–Trinajstić information content (AvgIpc) is 2.81. The Hall–Kier alpha value is -3.84. The predicted octanol–water partition coefficient (Wildman–Crippen LogP) is 5.30. The molecule has 35 heavy (non-hydrogen) atoms. The SMILES string of the molecule is C=C(C)COCCOc1cc(OCCOC(=O)C(=C)C)cc(-c2ccc(OC(=O)C(=C)C)cc2)c1. The highest BCUT2D eigenvalue weighted by atomic mass is 16.6. The van der Waals surface area contributed by atoms with Crippen molar-refractivity contribution in [3.63, 3.8) is 0 Å². The van der Waals surface area contributed by atoms with Crippen LogP contribution in [0.1, 0.15) is 20.8 Å². The van der Waals surface area contributed by atoms with Gasteiger partial charge in [-0.25, -0.2) is 9.59 Å². The van der Waals surface area contributed by atoms with E-state index in [-0.39, 0.29) is 13.2 Å². The van der Waals surface area contributed by atoms with Gasteiger partial charge in [0.1, 0.15) is 37.1 Å². The second kappa shape index (κ2) is 13.8. The van der Waals surface area contributed by atoms with E-state index in [0.29, 0.717) is 48.2 Å². The van der Waals surface area contributed by atoms with E-state index in [0.717, 1.165) is 16.7 Å². The molecule has 0 aliphatic heterocycles. The lowest BCUT2D eigenvalue weighted by atomic mass is 10.0. The van der Waals surface area contributed by atoms with Crippen molar-refractivity contribution in [1.29, 1.82) is 0 Å². The van der Waals surface area contributed by atoms with E-state index in [1.54, 1.807) is 32.0 Å². The fraction of sp³-hybridized carbons (Fsp3) is 0.286. The van der Waals surface area contributed by atoms with Crippen LogP contribution >= 0.6 is 0 Å². The molecule has 0 aromatic heterocycles. The quantitative estimate of drug-likeness (QED) is 0.119. The van der Waals surface area contributed by atoms with Gasteiger partial charge in [0, 0.05) is 17.2 Å². The van der Waals surface area contributed by atoms with Crippen LogP contribution in [0.3, 0.4) is 0 Å². The highest BCUT2D eigenvalue weighted by molar-refractivity contribution is 5.89. The molecule has 2 rings (SSSR count). The molecule has 0 amide bonds. The second-order valence-electron chi connectivity index (χ2n) is 8.01. The molecular formula is C28H32O7. The molecule has 0 fully saturated rings. The van der Waals surface area contributed by atoms with E-state index in [1.807, 2.05) is 31.2 Å². The Kier molecular flexibility index (Phi) is 10.8. The fourth-order valence-corrected chi connectivity index (χ4v) is 2.70. The van der Waals surface area contributed by atoms with Gasteiger partial charge in [-0.15, -0.1) is 0 Å². The third-order valence-electron chi connectivity index (χ3n) is 4.41. The number of hydrogen-bond donors (Lipinski definition) is 0. The van der Waals surface area contributed by atoms with Gasteiger partial charge < -0.3 is 23.7 Å². The minimum atomic E-state index is -0.481. The minimum Gasteiger partial charge on any atom is -0.491 e. The topological polar surface area (TPSA) is 80.3 Å². The third-order valence-corrected chi connectivity index (χ3v) is 4.41. The van der Waals surface area contributed by atoms with E-state index in [9.17, 15) is 9.59 Å². The lowest BCUT2D eigenvalue weighted by Gasteiger charge is -2.13. The molecule has 186 valence electrons. The van der Waals surface area contributed by atoms with Crippen molar-refractivity contribution in [1.82, 2.24) is 0 Å². The highest BCUT2D eigenvalue weighted by Crippen LogP contribution is 2.31. The van der Waals surface area contributed by atoms with Crippen molar-refractivity contribution in [2.24, 2.45) is 0 Å². The largest absolute Gasteiger partial charge is 0.491 e. The van der Waals surface area contributed by atoms with Crippen LogP contribution in [0.4, 0.5) is 0 Å². The summed E-state index contributed by atoms with van der Waals surface area (Å²) in [5, 5.41) is 0. The number of ether oxygens (including phenoxy) is 5. The monoisotopic (exact) mass is 480 g/mol. The van der Waals surface area contributed by atoms with Crippen LogP contribution in [0.25, 0.3) is 11.1 Å². The van der Waals surface area contributed by atoms with Gasteiger partial charge in [-0.2, -0.15) is 0 Å². The number of carbonyl (C=O) groups excluding carboxylic acids is 2. The Balaban J connectivity index is 2.13. The summed E-state index contributed by atoms with van der Waals surface area (Å²) in [5.41, 5.74) is 3.28. The summed E-state index contributed by atoms with van der Waals surface area (Å²) in [7, 11) is 0. The predicted molar refractivity (Wildman–Crippen MR) is 135 cm³/mol. The molecule has 0 spiro atoms. The summed E-state index contributed by atoms with van der Waals surface area (Å²) in [6.07, 6.45) is 0. The molecular weight excluding hydrogens is 448 g/mol. The van der Waals surface area contributed by atoms with Gasteiger partial charge in [-0.05, 0) is 56.2 Å². The van der Waals surface area contributed by atoms with Crippen LogP contribution in [-0.2, 0) is 19.1 Å². The number of esters is 2. The molecule has 7 nitrogen and oxygen atoms in total. The third kappa shape index (κ3) is 9.90. The summed E-state index contributed by atoms with van der Waals surface area (Å²) in [5.74, 6) is 0.607. The highest BCUT2D eigenvalue weighted by Gasteiger charge is 2.09. The van der Waals surface area contributed by atoms with E-state index in [4.69, 9.17) is 23.7 Å². The van der Waals surface area contributed by atoms with Crippen molar-refractivity contribution in [3.8, 4) is 28.4 Å². The molecule has 0 aliphatic carbocycles. The van der Waals surface area contributed by atoms with Gasteiger partial charge in [0.05, 0.1) is 13.2 Å². The van der Waals surface area contributed by atoms with Crippen LogP contribution in [0.2, 0.25) is 0 Å². The zero-order valence-corrected chi connectivity index (χ0v) is 20.6. The van der Waals surface area contributed by atoms with Crippen LogP contribution in [0, 0.1) is 0 Å². The molecule has 2 aromatic rings. The van der Waals surface area contributed by atoms with Crippen LogP contribution in [-0.4, -0.2) is 45.0 Å². The first-order chi connectivity index (χ1) is 16.7. The fourth-order valence-electron chi connectivity index (χ4n) is 2.70. The molecule has 0 unspecified atom stereocenters. The van der Waals surface area contributed by atoms with Crippen molar-refractivity contribution in [2.75, 3.05) is 33.0 Å². The molecule has 2 aromatic carbocycles.